The van der Waals surface area contributed by atoms with Crippen LogP contribution in [0.3, 0.4) is 0 Å². The van der Waals surface area contributed by atoms with Crippen molar-refractivity contribution >= 4 is 0 Å². The third-order valence-corrected chi connectivity index (χ3v) is 2.38. The summed E-state index contributed by atoms with van der Waals surface area (Å²) in [4.78, 5) is 4.25. The van der Waals surface area contributed by atoms with E-state index in [1.807, 2.05) is 13.8 Å². The van der Waals surface area contributed by atoms with Crippen LogP contribution < -0.4 is 5.73 Å². The summed E-state index contributed by atoms with van der Waals surface area (Å²) in [5, 5.41) is 10.5. The molecule has 2 aromatic heterocycles. The molecule has 7 nitrogen and oxygen atoms in total. The average Bonchev–Trinajstić information content (AvgIpc) is 2.96. The van der Waals surface area contributed by atoms with Crippen molar-refractivity contribution in [2.75, 3.05) is 6.61 Å². The fraction of sp³-hybridized carbons (Fsp3) is 0.545. The molecule has 0 aliphatic rings. The van der Waals surface area contributed by atoms with Crippen LogP contribution in [0.5, 0.6) is 0 Å². The van der Waals surface area contributed by atoms with Gasteiger partial charge >= 0.3 is 0 Å². The van der Waals surface area contributed by atoms with Crippen molar-refractivity contribution in [1.29, 1.82) is 0 Å². The molecule has 0 bridgehead atoms. The van der Waals surface area contributed by atoms with E-state index in [2.05, 4.69) is 20.3 Å². The maximum Gasteiger partial charge on any atom is 0.275 e. The number of H-pyrrole nitrogens is 1. The van der Waals surface area contributed by atoms with E-state index in [0.29, 0.717) is 24.0 Å². The lowest BCUT2D eigenvalue weighted by Gasteiger charge is -2.21. The quantitative estimate of drug-likeness (QED) is 0.823. The van der Waals surface area contributed by atoms with Crippen LogP contribution in [0.4, 0.5) is 0 Å². The zero-order chi connectivity index (χ0) is 13.2. The Morgan fingerprint density at radius 1 is 1.56 bits per heavy atom. The minimum absolute atomic E-state index is 0.104. The molecule has 0 saturated carbocycles. The molecule has 3 N–H and O–H groups in total. The number of rotatable bonds is 5. The monoisotopic (exact) mass is 251 g/mol. The van der Waals surface area contributed by atoms with Crippen LogP contribution in [-0.4, -0.2) is 33.0 Å². The molecule has 0 aliphatic heterocycles. The number of ether oxygens (including phenoxy) is 1. The first-order valence-corrected chi connectivity index (χ1v) is 5.73. The van der Waals surface area contributed by atoms with Crippen LogP contribution in [0.15, 0.2) is 16.8 Å². The molecular weight excluding hydrogens is 234 g/mol. The number of hydrogen-bond acceptors (Lipinski definition) is 6. The number of aromatic amines is 1. The zero-order valence-corrected chi connectivity index (χ0v) is 10.7. The van der Waals surface area contributed by atoms with Crippen LogP contribution in [0.2, 0.25) is 0 Å². The number of aromatic nitrogens is 4. The molecule has 2 aromatic rings. The van der Waals surface area contributed by atoms with Crippen LogP contribution in [0.25, 0.3) is 11.6 Å². The minimum atomic E-state index is -0.786. The van der Waals surface area contributed by atoms with Gasteiger partial charge in [0, 0.05) is 6.20 Å². The van der Waals surface area contributed by atoms with Gasteiger partial charge in [0.1, 0.15) is 11.2 Å². The molecule has 0 aromatic carbocycles. The van der Waals surface area contributed by atoms with Crippen molar-refractivity contribution in [2.24, 2.45) is 5.73 Å². The molecule has 0 spiro atoms. The first kappa shape index (κ1) is 12.7. The molecule has 0 fully saturated rings. The third kappa shape index (κ3) is 2.74. The maximum atomic E-state index is 6.12. The highest BCUT2D eigenvalue weighted by Crippen LogP contribution is 2.20. The van der Waals surface area contributed by atoms with Gasteiger partial charge in [-0.25, -0.2) is 0 Å². The molecule has 2 heterocycles. The van der Waals surface area contributed by atoms with E-state index in [4.69, 9.17) is 15.0 Å². The summed E-state index contributed by atoms with van der Waals surface area (Å²) >= 11 is 0. The SMILES string of the molecule is CC(C)OCC(C)(N)c1noc(-c2ccn[nH]2)n1. The minimum Gasteiger partial charge on any atom is -0.376 e. The second kappa shape index (κ2) is 4.87. The first-order valence-electron chi connectivity index (χ1n) is 5.73. The first-order chi connectivity index (χ1) is 8.49. The normalized spacial score (nSPS) is 14.9. The third-order valence-electron chi connectivity index (χ3n) is 2.38. The Hall–Kier alpha value is -1.73. The van der Waals surface area contributed by atoms with E-state index < -0.39 is 5.54 Å². The summed E-state index contributed by atoms with van der Waals surface area (Å²) in [6.07, 6.45) is 1.72. The van der Waals surface area contributed by atoms with Gasteiger partial charge in [0.2, 0.25) is 0 Å². The second-order valence-electron chi connectivity index (χ2n) is 4.67. The summed E-state index contributed by atoms with van der Waals surface area (Å²) in [5.74, 6) is 0.775. The summed E-state index contributed by atoms with van der Waals surface area (Å²) in [5.41, 5.74) is 5.99. The summed E-state index contributed by atoms with van der Waals surface area (Å²) in [6.45, 7) is 6.02. The average molecular weight is 251 g/mol. The van der Waals surface area contributed by atoms with Crippen molar-refractivity contribution in [3.63, 3.8) is 0 Å². The largest absolute Gasteiger partial charge is 0.376 e. The Kier molecular flexibility index (Phi) is 3.44. The van der Waals surface area contributed by atoms with E-state index in [-0.39, 0.29) is 6.10 Å². The van der Waals surface area contributed by atoms with Gasteiger partial charge in [-0.1, -0.05) is 5.16 Å². The van der Waals surface area contributed by atoms with Crippen molar-refractivity contribution in [3.05, 3.63) is 18.1 Å². The predicted octanol–water partition coefficient (Wildman–Crippen LogP) is 1.06. The Balaban J connectivity index is 2.14. The van der Waals surface area contributed by atoms with Gasteiger partial charge in [0.05, 0.1) is 12.7 Å². The number of nitrogens with zero attached hydrogens (tertiary/aromatic N) is 3. The molecular formula is C11H17N5O2. The van der Waals surface area contributed by atoms with Crippen LogP contribution >= 0.6 is 0 Å². The van der Waals surface area contributed by atoms with Crippen molar-refractivity contribution in [3.8, 4) is 11.6 Å². The summed E-state index contributed by atoms with van der Waals surface area (Å²) in [7, 11) is 0. The molecule has 0 amide bonds. The van der Waals surface area contributed by atoms with E-state index in [1.54, 1.807) is 19.2 Å². The van der Waals surface area contributed by atoms with E-state index in [1.165, 1.54) is 0 Å². The van der Waals surface area contributed by atoms with Crippen LogP contribution in [-0.2, 0) is 10.3 Å². The number of nitrogens with two attached hydrogens (primary N) is 1. The number of nitrogens with one attached hydrogen (secondary N) is 1. The highest BCUT2D eigenvalue weighted by atomic mass is 16.5. The van der Waals surface area contributed by atoms with E-state index in [9.17, 15) is 0 Å². The molecule has 0 saturated heterocycles. The van der Waals surface area contributed by atoms with Crippen molar-refractivity contribution in [2.45, 2.75) is 32.4 Å². The fourth-order valence-corrected chi connectivity index (χ4v) is 1.34. The standard InChI is InChI=1S/C11H17N5O2/c1-7(2)17-6-11(3,12)10-14-9(18-16-10)8-4-5-13-15-8/h4-5,7H,6,12H2,1-3H3,(H,13,15). The van der Waals surface area contributed by atoms with Gasteiger partial charge in [0.15, 0.2) is 5.82 Å². The highest BCUT2D eigenvalue weighted by Gasteiger charge is 2.28. The van der Waals surface area contributed by atoms with Gasteiger partial charge in [-0.05, 0) is 26.8 Å². The maximum absolute atomic E-state index is 6.12. The molecule has 0 aliphatic carbocycles. The Morgan fingerprint density at radius 3 is 2.94 bits per heavy atom. The van der Waals surface area contributed by atoms with Crippen LogP contribution in [0, 0.1) is 0 Å². The molecule has 2 rings (SSSR count). The molecule has 1 atom stereocenters. The van der Waals surface area contributed by atoms with Gasteiger partial charge in [-0.3, -0.25) is 5.10 Å². The van der Waals surface area contributed by atoms with Crippen molar-refractivity contribution < 1.29 is 9.26 Å². The van der Waals surface area contributed by atoms with Crippen LogP contribution in [0.1, 0.15) is 26.6 Å². The summed E-state index contributed by atoms with van der Waals surface area (Å²) in [6, 6.07) is 1.75. The van der Waals surface area contributed by atoms with Gasteiger partial charge in [-0.2, -0.15) is 10.1 Å². The Bertz CT molecular complexity index is 489. The highest BCUT2D eigenvalue weighted by molar-refractivity contribution is 5.44. The predicted molar refractivity (Wildman–Crippen MR) is 64.5 cm³/mol. The number of hydrogen-bond donors (Lipinski definition) is 2. The smallest absolute Gasteiger partial charge is 0.275 e. The van der Waals surface area contributed by atoms with E-state index in [0.717, 1.165) is 0 Å². The lowest BCUT2D eigenvalue weighted by molar-refractivity contribution is 0.0410. The lowest BCUT2D eigenvalue weighted by Crippen LogP contribution is -2.40. The lowest BCUT2D eigenvalue weighted by atomic mass is 10.1. The van der Waals surface area contributed by atoms with Gasteiger partial charge in [0.25, 0.3) is 5.89 Å². The molecule has 98 valence electrons. The summed E-state index contributed by atoms with van der Waals surface area (Å²) < 4.78 is 10.6. The Labute approximate surface area is 105 Å². The molecule has 18 heavy (non-hydrogen) atoms. The zero-order valence-electron chi connectivity index (χ0n) is 10.7. The molecule has 0 radical (unpaired) electrons. The second-order valence-corrected chi connectivity index (χ2v) is 4.67. The van der Waals surface area contributed by atoms with E-state index >= 15 is 0 Å². The Morgan fingerprint density at radius 2 is 2.33 bits per heavy atom. The molecule has 1 unspecified atom stereocenters. The van der Waals surface area contributed by atoms with Gasteiger partial charge < -0.3 is 15.0 Å². The topological polar surface area (TPSA) is 103 Å². The molecule has 7 heteroatoms. The van der Waals surface area contributed by atoms with Crippen molar-refractivity contribution in [1.82, 2.24) is 20.3 Å². The van der Waals surface area contributed by atoms with Gasteiger partial charge in [-0.15, -0.1) is 0 Å². The fourth-order valence-electron chi connectivity index (χ4n) is 1.34.